The topological polar surface area (TPSA) is 70.0 Å². The minimum Gasteiger partial charge on any atom is -0.255 e. The van der Waals surface area contributed by atoms with Crippen molar-refractivity contribution in [3.8, 4) is 6.07 Å². The summed E-state index contributed by atoms with van der Waals surface area (Å²) in [6.45, 7) is 11.5. The second kappa shape index (κ2) is 8.75. The van der Waals surface area contributed by atoms with Crippen LogP contribution < -0.4 is 0 Å². The van der Waals surface area contributed by atoms with Gasteiger partial charge in [0.15, 0.2) is 11.9 Å². The Morgan fingerprint density at radius 1 is 1.36 bits per heavy atom. The summed E-state index contributed by atoms with van der Waals surface area (Å²) < 4.78 is 0. The maximum Gasteiger partial charge on any atom is 0.199 e. The predicted octanol–water partition coefficient (Wildman–Crippen LogP) is 5.23. The van der Waals surface area contributed by atoms with Crippen LogP contribution in [0.25, 0.3) is 4.85 Å². The zero-order valence-corrected chi connectivity index (χ0v) is 14.2. The van der Waals surface area contributed by atoms with E-state index < -0.39 is 6.23 Å². The summed E-state index contributed by atoms with van der Waals surface area (Å²) in [6, 6.07) is 14.9. The van der Waals surface area contributed by atoms with Gasteiger partial charge in [0.1, 0.15) is 0 Å². The molecule has 2 rings (SSSR count). The minimum absolute atomic E-state index is 0.225. The number of aliphatic imine (C=N–C) groups is 1. The maximum atomic E-state index is 9.51. The first-order valence-electron chi connectivity index (χ1n) is 7.98. The predicted molar refractivity (Wildman–Crippen MR) is 96.6 cm³/mol. The summed E-state index contributed by atoms with van der Waals surface area (Å²) in [6.07, 6.45) is 1.30. The maximum absolute atomic E-state index is 9.51. The summed E-state index contributed by atoms with van der Waals surface area (Å²) in [4.78, 5) is 12.2. The SMILES string of the molecule is [C-]#[N+]c1cc(C(C)CC)cc(C#N)c1C(N=Cc1ccccc1)OO. The Morgan fingerprint density at radius 3 is 2.64 bits per heavy atom. The molecule has 2 aromatic rings. The van der Waals surface area contributed by atoms with Gasteiger partial charge in [-0.3, -0.25) is 4.99 Å². The summed E-state index contributed by atoms with van der Waals surface area (Å²) in [5.74, 6) is 0.225. The Kier molecular flexibility index (Phi) is 6.42. The highest BCUT2D eigenvalue weighted by molar-refractivity contribution is 5.79. The van der Waals surface area contributed by atoms with E-state index in [1.807, 2.05) is 44.2 Å². The van der Waals surface area contributed by atoms with Crippen LogP contribution in [0.4, 0.5) is 5.69 Å². The van der Waals surface area contributed by atoms with Gasteiger partial charge in [0.2, 0.25) is 0 Å². The van der Waals surface area contributed by atoms with Crippen molar-refractivity contribution in [3.63, 3.8) is 0 Å². The fraction of sp³-hybridized carbons (Fsp3) is 0.250. The molecule has 126 valence electrons. The van der Waals surface area contributed by atoms with Crippen molar-refractivity contribution in [2.24, 2.45) is 4.99 Å². The highest BCUT2D eigenvalue weighted by atomic mass is 17.1. The molecule has 0 aliphatic carbocycles. The Morgan fingerprint density at radius 2 is 2.08 bits per heavy atom. The van der Waals surface area contributed by atoms with Crippen LogP contribution in [0, 0.1) is 17.9 Å². The molecule has 0 saturated carbocycles. The number of benzene rings is 2. The van der Waals surface area contributed by atoms with Gasteiger partial charge in [0, 0.05) is 17.3 Å². The Hall–Kier alpha value is -2.99. The van der Waals surface area contributed by atoms with Gasteiger partial charge in [-0.25, -0.2) is 15.0 Å². The van der Waals surface area contributed by atoms with Gasteiger partial charge in [-0.15, -0.1) is 0 Å². The highest BCUT2D eigenvalue weighted by Crippen LogP contribution is 2.35. The van der Waals surface area contributed by atoms with E-state index in [1.165, 1.54) is 0 Å². The number of rotatable bonds is 6. The first-order chi connectivity index (χ1) is 12.1. The lowest BCUT2D eigenvalue weighted by molar-refractivity contribution is -0.279. The Labute approximate surface area is 147 Å². The minimum atomic E-state index is -1.13. The molecule has 5 nitrogen and oxygen atoms in total. The van der Waals surface area contributed by atoms with Crippen LogP contribution in [0.2, 0.25) is 0 Å². The van der Waals surface area contributed by atoms with Crippen molar-refractivity contribution in [1.29, 1.82) is 5.26 Å². The molecule has 2 aromatic carbocycles. The molecular weight excluding hydrogens is 314 g/mol. The molecule has 0 fully saturated rings. The average Bonchev–Trinajstić information content (AvgIpc) is 2.68. The van der Waals surface area contributed by atoms with Gasteiger partial charge in [-0.2, -0.15) is 5.26 Å². The van der Waals surface area contributed by atoms with Crippen LogP contribution in [0.5, 0.6) is 0 Å². The summed E-state index contributed by atoms with van der Waals surface area (Å²) in [7, 11) is 0. The van der Waals surface area contributed by atoms with Crippen molar-refractivity contribution in [2.45, 2.75) is 32.4 Å². The van der Waals surface area contributed by atoms with Crippen molar-refractivity contribution < 1.29 is 10.1 Å². The van der Waals surface area contributed by atoms with E-state index in [0.29, 0.717) is 0 Å². The molecule has 2 unspecified atom stereocenters. The van der Waals surface area contributed by atoms with Crippen molar-refractivity contribution in [1.82, 2.24) is 0 Å². The molecule has 0 heterocycles. The first kappa shape index (κ1) is 18.4. The molecular formula is C20H19N3O2. The number of nitriles is 1. The normalized spacial score (nSPS) is 13.2. The lowest BCUT2D eigenvalue weighted by Gasteiger charge is -2.16. The van der Waals surface area contributed by atoms with E-state index in [2.05, 4.69) is 20.8 Å². The van der Waals surface area contributed by atoms with Crippen molar-refractivity contribution >= 4 is 11.9 Å². The molecule has 0 aliphatic rings. The molecule has 25 heavy (non-hydrogen) atoms. The largest absolute Gasteiger partial charge is 0.255 e. The lowest BCUT2D eigenvalue weighted by Crippen LogP contribution is -2.05. The van der Waals surface area contributed by atoms with Gasteiger partial charge >= 0.3 is 0 Å². The van der Waals surface area contributed by atoms with E-state index in [0.717, 1.165) is 17.5 Å². The third kappa shape index (κ3) is 4.30. The first-order valence-corrected chi connectivity index (χ1v) is 7.98. The standard InChI is InChI=1S/C20H19N3O2/c1-4-14(2)16-10-17(12-21)19(18(11-16)22-3)20(25-24)23-13-15-8-6-5-7-9-15/h5-11,13-14,20,24H,4H2,1-2H3. The molecule has 0 saturated heterocycles. The average molecular weight is 333 g/mol. The zero-order chi connectivity index (χ0) is 18.2. The summed E-state index contributed by atoms with van der Waals surface area (Å²) in [5.41, 5.74) is 2.56. The van der Waals surface area contributed by atoms with Crippen LogP contribution >= 0.6 is 0 Å². The number of nitrogens with zero attached hydrogens (tertiary/aromatic N) is 3. The Bertz CT molecular complexity index is 797. The lowest BCUT2D eigenvalue weighted by atomic mass is 9.93. The second-order valence-corrected chi connectivity index (χ2v) is 5.68. The van der Waals surface area contributed by atoms with Gasteiger partial charge in [0.25, 0.3) is 0 Å². The van der Waals surface area contributed by atoms with E-state index in [1.54, 1.807) is 18.3 Å². The molecule has 5 heteroatoms. The smallest absolute Gasteiger partial charge is 0.199 e. The quantitative estimate of drug-likeness (QED) is 0.340. The van der Waals surface area contributed by atoms with Gasteiger partial charge < -0.3 is 0 Å². The highest BCUT2D eigenvalue weighted by Gasteiger charge is 2.21. The summed E-state index contributed by atoms with van der Waals surface area (Å²) >= 11 is 0. The molecule has 0 radical (unpaired) electrons. The third-order valence-corrected chi connectivity index (χ3v) is 4.11. The number of hydrogen-bond acceptors (Lipinski definition) is 4. The van der Waals surface area contributed by atoms with Gasteiger partial charge in [-0.05, 0) is 24.0 Å². The molecule has 0 spiro atoms. The molecule has 0 amide bonds. The Balaban J connectivity index is 2.50. The third-order valence-electron chi connectivity index (χ3n) is 4.11. The molecule has 1 N–H and O–H groups in total. The molecule has 0 aromatic heterocycles. The molecule has 0 aliphatic heterocycles. The van der Waals surface area contributed by atoms with Gasteiger partial charge in [0.05, 0.1) is 12.6 Å². The fourth-order valence-corrected chi connectivity index (χ4v) is 2.47. The van der Waals surface area contributed by atoms with Gasteiger partial charge in [-0.1, -0.05) is 55.8 Å². The van der Waals surface area contributed by atoms with Crippen LogP contribution in [0.1, 0.15) is 54.7 Å². The van der Waals surface area contributed by atoms with Crippen LogP contribution in [-0.4, -0.2) is 11.5 Å². The van der Waals surface area contributed by atoms with Crippen molar-refractivity contribution in [2.75, 3.05) is 0 Å². The molecule has 0 bridgehead atoms. The van der Waals surface area contributed by atoms with E-state index in [9.17, 15) is 10.5 Å². The van der Waals surface area contributed by atoms with Crippen LogP contribution in [-0.2, 0) is 4.89 Å². The number of hydrogen-bond donors (Lipinski definition) is 1. The van der Waals surface area contributed by atoms with Crippen LogP contribution in [0.15, 0.2) is 47.5 Å². The zero-order valence-electron chi connectivity index (χ0n) is 14.2. The van der Waals surface area contributed by atoms with Crippen molar-refractivity contribution in [3.05, 3.63) is 76.1 Å². The fourth-order valence-electron chi connectivity index (χ4n) is 2.47. The van der Waals surface area contributed by atoms with Crippen LogP contribution in [0.3, 0.4) is 0 Å². The van der Waals surface area contributed by atoms with E-state index in [4.69, 9.17) is 6.57 Å². The monoisotopic (exact) mass is 333 g/mol. The second-order valence-electron chi connectivity index (χ2n) is 5.68. The van der Waals surface area contributed by atoms with E-state index in [-0.39, 0.29) is 22.7 Å². The molecule has 2 atom stereocenters. The summed E-state index contributed by atoms with van der Waals surface area (Å²) in [5, 5.41) is 18.8. The van der Waals surface area contributed by atoms with E-state index >= 15 is 0 Å².